The van der Waals surface area contributed by atoms with Gasteiger partial charge in [-0.05, 0) is 25.7 Å². The summed E-state index contributed by atoms with van der Waals surface area (Å²) >= 11 is 0. The molecule has 2 fully saturated rings. The van der Waals surface area contributed by atoms with Crippen LogP contribution in [0.25, 0.3) is 0 Å². The summed E-state index contributed by atoms with van der Waals surface area (Å²) in [4.78, 5) is 0. The molecule has 0 aromatic heterocycles. The monoisotopic (exact) mass is 233 g/mol. The van der Waals surface area contributed by atoms with Gasteiger partial charge in [-0.1, -0.05) is 0 Å². The Balaban J connectivity index is 1.82. The highest BCUT2D eigenvalue weighted by Crippen LogP contribution is 2.19. The molecule has 0 aromatic rings. The summed E-state index contributed by atoms with van der Waals surface area (Å²) in [5.74, 6) is 1.21. The molecule has 0 radical (unpaired) electrons. The summed E-state index contributed by atoms with van der Waals surface area (Å²) in [7, 11) is -2.76. The van der Waals surface area contributed by atoms with E-state index in [-0.39, 0.29) is 6.04 Å². The normalized spacial score (nSPS) is 36.9. The van der Waals surface area contributed by atoms with Crippen molar-refractivity contribution >= 4 is 9.84 Å². The lowest BCUT2D eigenvalue weighted by Crippen LogP contribution is -2.41. The molecule has 2 saturated heterocycles. The smallest absolute Gasteiger partial charge is 0.151 e. The first-order chi connectivity index (χ1) is 7.07. The van der Waals surface area contributed by atoms with Gasteiger partial charge in [0, 0.05) is 18.7 Å². The highest BCUT2D eigenvalue weighted by molar-refractivity contribution is 7.91. The van der Waals surface area contributed by atoms with Gasteiger partial charge in [0.25, 0.3) is 0 Å². The maximum Gasteiger partial charge on any atom is 0.151 e. The molecule has 0 aliphatic carbocycles. The van der Waals surface area contributed by atoms with Crippen molar-refractivity contribution in [1.29, 1.82) is 0 Å². The Kier molecular flexibility index (Phi) is 3.33. The van der Waals surface area contributed by atoms with E-state index in [1.807, 2.05) is 0 Å². The zero-order valence-corrected chi connectivity index (χ0v) is 9.92. The van der Waals surface area contributed by atoms with Crippen molar-refractivity contribution < 1.29 is 13.2 Å². The summed E-state index contributed by atoms with van der Waals surface area (Å²) in [5, 5.41) is 3.42. The lowest BCUT2D eigenvalue weighted by molar-refractivity contribution is 0.177. The van der Waals surface area contributed by atoms with E-state index in [1.54, 1.807) is 0 Å². The summed E-state index contributed by atoms with van der Waals surface area (Å²) in [6.45, 7) is 3.79. The Morgan fingerprint density at radius 2 is 2.20 bits per heavy atom. The molecule has 15 heavy (non-hydrogen) atoms. The summed E-state index contributed by atoms with van der Waals surface area (Å²) < 4.78 is 27.9. The zero-order chi connectivity index (χ0) is 10.9. The molecular formula is C10H19NO3S. The summed E-state index contributed by atoms with van der Waals surface area (Å²) in [6.07, 6.45) is 1.86. The van der Waals surface area contributed by atoms with Crippen LogP contribution in [-0.2, 0) is 14.6 Å². The van der Waals surface area contributed by atoms with Gasteiger partial charge in [-0.3, -0.25) is 0 Å². The van der Waals surface area contributed by atoms with Gasteiger partial charge in [-0.25, -0.2) is 8.42 Å². The van der Waals surface area contributed by atoms with E-state index in [4.69, 9.17) is 4.74 Å². The first-order valence-electron chi connectivity index (χ1n) is 5.61. The van der Waals surface area contributed by atoms with Crippen LogP contribution in [0.15, 0.2) is 0 Å². The van der Waals surface area contributed by atoms with Crippen molar-refractivity contribution in [3.8, 4) is 0 Å². The minimum atomic E-state index is -2.76. The van der Waals surface area contributed by atoms with Gasteiger partial charge in [-0.2, -0.15) is 0 Å². The maximum atomic E-state index is 11.3. The number of hydrogen-bond acceptors (Lipinski definition) is 4. The number of nitrogens with one attached hydrogen (secondary N) is 1. The number of rotatable bonds is 3. The fourth-order valence-corrected chi connectivity index (χ4v) is 4.07. The van der Waals surface area contributed by atoms with Crippen molar-refractivity contribution in [1.82, 2.24) is 5.32 Å². The van der Waals surface area contributed by atoms with E-state index >= 15 is 0 Å². The fourth-order valence-electron chi connectivity index (χ4n) is 2.38. The first-order valence-corrected chi connectivity index (χ1v) is 7.43. The second-order valence-corrected chi connectivity index (χ2v) is 6.91. The van der Waals surface area contributed by atoms with Gasteiger partial charge in [0.05, 0.1) is 18.1 Å². The van der Waals surface area contributed by atoms with Crippen LogP contribution in [0.3, 0.4) is 0 Å². The summed E-state index contributed by atoms with van der Waals surface area (Å²) in [6, 6.07) is 0.524. The molecule has 3 atom stereocenters. The molecule has 2 aliphatic rings. The van der Waals surface area contributed by atoms with Crippen LogP contribution in [0, 0.1) is 5.92 Å². The minimum absolute atomic E-state index is 0.158. The molecule has 0 bridgehead atoms. The van der Waals surface area contributed by atoms with E-state index in [0.717, 1.165) is 26.1 Å². The van der Waals surface area contributed by atoms with Crippen LogP contribution in [0.4, 0.5) is 0 Å². The van der Waals surface area contributed by atoms with Crippen molar-refractivity contribution in [3.63, 3.8) is 0 Å². The number of sulfone groups is 1. The standard InChI is InChI=1S/C10H19NO3S/c1-8(9-2-4-14-6-9)11-10-3-5-15(12,13)7-10/h8-11H,2-7H2,1H3. The SMILES string of the molecule is CC(NC1CCS(=O)(=O)C1)C1CCOC1. The molecule has 88 valence electrons. The molecule has 0 amide bonds. The average molecular weight is 233 g/mol. The Hall–Kier alpha value is -0.130. The minimum Gasteiger partial charge on any atom is -0.381 e. The summed E-state index contributed by atoms with van der Waals surface area (Å²) in [5.41, 5.74) is 0. The molecular weight excluding hydrogens is 214 g/mol. The van der Waals surface area contributed by atoms with Crippen LogP contribution in [-0.4, -0.2) is 45.2 Å². The average Bonchev–Trinajstić information content (AvgIpc) is 2.74. The van der Waals surface area contributed by atoms with Gasteiger partial charge >= 0.3 is 0 Å². The van der Waals surface area contributed by atoms with E-state index in [1.165, 1.54) is 0 Å². The molecule has 2 rings (SSSR count). The Morgan fingerprint density at radius 3 is 2.73 bits per heavy atom. The Labute approximate surface area is 91.3 Å². The molecule has 1 N–H and O–H groups in total. The Bertz CT molecular complexity index is 309. The Morgan fingerprint density at radius 1 is 1.40 bits per heavy atom. The second-order valence-electron chi connectivity index (χ2n) is 4.68. The third-order valence-electron chi connectivity index (χ3n) is 3.40. The number of ether oxygens (including phenoxy) is 1. The predicted octanol–water partition coefficient (Wildman–Crippen LogP) is 0.188. The van der Waals surface area contributed by atoms with Crippen molar-refractivity contribution in [2.24, 2.45) is 5.92 Å². The maximum absolute atomic E-state index is 11.3. The van der Waals surface area contributed by atoms with Crippen LogP contribution in [0.2, 0.25) is 0 Å². The first kappa shape index (κ1) is 11.4. The van der Waals surface area contributed by atoms with Crippen molar-refractivity contribution in [2.45, 2.75) is 31.8 Å². The zero-order valence-electron chi connectivity index (χ0n) is 9.11. The third-order valence-corrected chi connectivity index (χ3v) is 5.17. The molecule has 0 aromatic carbocycles. The molecule has 0 saturated carbocycles. The molecule has 2 heterocycles. The van der Waals surface area contributed by atoms with Crippen LogP contribution in [0.1, 0.15) is 19.8 Å². The van der Waals surface area contributed by atoms with E-state index < -0.39 is 9.84 Å². The van der Waals surface area contributed by atoms with Crippen LogP contribution >= 0.6 is 0 Å². The van der Waals surface area contributed by atoms with E-state index in [9.17, 15) is 8.42 Å². The molecule has 3 unspecified atom stereocenters. The van der Waals surface area contributed by atoms with E-state index in [2.05, 4.69) is 12.2 Å². The topological polar surface area (TPSA) is 55.4 Å². The van der Waals surface area contributed by atoms with Crippen LogP contribution < -0.4 is 5.32 Å². The predicted molar refractivity (Wildman–Crippen MR) is 58.6 cm³/mol. The molecule has 0 spiro atoms. The molecule has 2 aliphatic heterocycles. The van der Waals surface area contributed by atoms with E-state index in [0.29, 0.717) is 23.5 Å². The molecule has 5 heteroatoms. The van der Waals surface area contributed by atoms with Gasteiger partial charge in [0.2, 0.25) is 0 Å². The highest BCUT2D eigenvalue weighted by atomic mass is 32.2. The van der Waals surface area contributed by atoms with Crippen molar-refractivity contribution in [2.75, 3.05) is 24.7 Å². The van der Waals surface area contributed by atoms with Crippen molar-refractivity contribution in [3.05, 3.63) is 0 Å². The highest BCUT2D eigenvalue weighted by Gasteiger charge is 2.31. The van der Waals surface area contributed by atoms with Gasteiger partial charge in [-0.15, -0.1) is 0 Å². The fraction of sp³-hybridized carbons (Fsp3) is 1.00. The van der Waals surface area contributed by atoms with Gasteiger partial charge < -0.3 is 10.1 Å². The van der Waals surface area contributed by atoms with Gasteiger partial charge in [0.15, 0.2) is 9.84 Å². The largest absolute Gasteiger partial charge is 0.381 e. The van der Waals surface area contributed by atoms with Crippen LogP contribution in [0.5, 0.6) is 0 Å². The quantitative estimate of drug-likeness (QED) is 0.756. The second kappa shape index (κ2) is 4.39. The number of hydrogen-bond donors (Lipinski definition) is 1. The third kappa shape index (κ3) is 2.92. The van der Waals surface area contributed by atoms with Gasteiger partial charge in [0.1, 0.15) is 0 Å². The lowest BCUT2D eigenvalue weighted by atomic mass is 10.00. The lowest BCUT2D eigenvalue weighted by Gasteiger charge is -2.22. The molecule has 4 nitrogen and oxygen atoms in total.